The minimum atomic E-state index is 1.18. The maximum absolute atomic E-state index is 2.30. The molecule has 64 valence electrons. The van der Waals surface area contributed by atoms with Crippen LogP contribution in [0.4, 0.5) is 0 Å². The molecule has 0 spiro atoms. The Balaban J connectivity index is 2.82. The van der Waals surface area contributed by atoms with Gasteiger partial charge in [-0.1, -0.05) is 36.5 Å². The first-order valence-corrected chi connectivity index (χ1v) is 4.54. The predicted molar refractivity (Wildman–Crippen MR) is 55.0 cm³/mol. The van der Waals surface area contributed by atoms with E-state index in [2.05, 4.69) is 50.3 Å². The lowest BCUT2D eigenvalue weighted by Crippen LogP contribution is -1.89. The maximum atomic E-state index is 2.30. The van der Waals surface area contributed by atoms with Crippen LogP contribution in [0.2, 0.25) is 0 Å². The fourth-order valence-electron chi connectivity index (χ4n) is 1.40. The van der Waals surface area contributed by atoms with Gasteiger partial charge in [-0.3, -0.25) is 0 Å². The highest BCUT2D eigenvalue weighted by Crippen LogP contribution is 2.20. The minimum Gasteiger partial charge on any atom is -0.0871 e. The maximum Gasteiger partial charge on any atom is -0.0230 e. The van der Waals surface area contributed by atoms with Gasteiger partial charge in [0, 0.05) is 0 Å². The smallest absolute Gasteiger partial charge is 0.0230 e. The lowest BCUT2D eigenvalue weighted by molar-refractivity contribution is 1.01. The zero-order chi connectivity index (χ0) is 8.81. The average Bonchev–Trinajstić information content (AvgIpc) is 2.09. The zero-order valence-corrected chi connectivity index (χ0v) is 7.88. The Hall–Kier alpha value is -1.04. The van der Waals surface area contributed by atoms with Crippen molar-refractivity contribution in [2.75, 3.05) is 0 Å². The van der Waals surface area contributed by atoms with Crippen molar-refractivity contribution in [2.45, 2.75) is 26.7 Å². The van der Waals surface area contributed by atoms with E-state index in [1.54, 1.807) is 0 Å². The molecule has 0 N–H and O–H groups in total. The average molecular weight is 160 g/mol. The van der Waals surface area contributed by atoms with E-state index in [0.717, 1.165) is 0 Å². The Morgan fingerprint density at radius 3 is 1.67 bits per heavy atom. The van der Waals surface area contributed by atoms with Crippen molar-refractivity contribution in [3.63, 3.8) is 0 Å². The van der Waals surface area contributed by atoms with Gasteiger partial charge in [-0.2, -0.15) is 0 Å². The normalized spacial score (nSPS) is 18.5. The van der Waals surface area contributed by atoms with Crippen LogP contribution in [0.1, 0.15) is 26.7 Å². The molecule has 0 saturated heterocycles. The van der Waals surface area contributed by atoms with Crippen LogP contribution in [0.15, 0.2) is 47.6 Å². The summed E-state index contributed by atoms with van der Waals surface area (Å²) in [7, 11) is 0. The molecule has 0 heteroatoms. The first kappa shape index (κ1) is 9.05. The molecule has 0 radical (unpaired) electrons. The van der Waals surface area contributed by atoms with Crippen molar-refractivity contribution in [3.8, 4) is 0 Å². The van der Waals surface area contributed by atoms with Crippen LogP contribution < -0.4 is 0 Å². The molecule has 0 bridgehead atoms. The van der Waals surface area contributed by atoms with E-state index in [4.69, 9.17) is 0 Å². The SMILES string of the molecule is C/C=C\C1=CCCC=C1/C=C\C. The van der Waals surface area contributed by atoms with E-state index in [9.17, 15) is 0 Å². The van der Waals surface area contributed by atoms with Crippen molar-refractivity contribution in [1.29, 1.82) is 0 Å². The second-order valence-electron chi connectivity index (χ2n) is 2.90. The van der Waals surface area contributed by atoms with E-state index in [-0.39, 0.29) is 0 Å². The van der Waals surface area contributed by atoms with Crippen molar-refractivity contribution < 1.29 is 0 Å². The summed E-state index contributed by atoms with van der Waals surface area (Å²) in [6.45, 7) is 4.12. The molecule has 0 aromatic carbocycles. The molecular formula is C12H16. The molecule has 1 aliphatic carbocycles. The third kappa shape index (κ3) is 2.23. The van der Waals surface area contributed by atoms with Gasteiger partial charge in [0.2, 0.25) is 0 Å². The van der Waals surface area contributed by atoms with Gasteiger partial charge in [0.1, 0.15) is 0 Å². The third-order valence-electron chi connectivity index (χ3n) is 1.92. The molecule has 0 aliphatic heterocycles. The largest absolute Gasteiger partial charge is 0.0871 e. The summed E-state index contributed by atoms with van der Waals surface area (Å²) in [5, 5.41) is 0. The summed E-state index contributed by atoms with van der Waals surface area (Å²) < 4.78 is 0. The van der Waals surface area contributed by atoms with Crippen molar-refractivity contribution >= 4 is 0 Å². The lowest BCUT2D eigenvalue weighted by Gasteiger charge is -2.08. The fraction of sp³-hybridized carbons (Fsp3) is 0.333. The Morgan fingerprint density at radius 1 is 0.917 bits per heavy atom. The molecule has 0 fully saturated rings. The Morgan fingerprint density at radius 2 is 1.33 bits per heavy atom. The molecule has 0 nitrogen and oxygen atoms in total. The molecule has 0 aromatic heterocycles. The van der Waals surface area contributed by atoms with E-state index in [1.165, 1.54) is 24.0 Å². The molecule has 1 rings (SSSR count). The second kappa shape index (κ2) is 4.76. The van der Waals surface area contributed by atoms with Crippen LogP contribution in [0.5, 0.6) is 0 Å². The predicted octanol–water partition coefficient (Wildman–Crippen LogP) is 3.79. The van der Waals surface area contributed by atoms with Gasteiger partial charge in [-0.05, 0) is 37.8 Å². The molecule has 0 amide bonds. The van der Waals surface area contributed by atoms with Gasteiger partial charge >= 0.3 is 0 Å². The number of rotatable bonds is 2. The number of allylic oxidation sites excluding steroid dienone is 8. The number of hydrogen-bond donors (Lipinski definition) is 0. The van der Waals surface area contributed by atoms with Crippen LogP contribution >= 0.6 is 0 Å². The molecule has 0 heterocycles. The fourth-order valence-corrected chi connectivity index (χ4v) is 1.40. The molecule has 0 aromatic rings. The monoisotopic (exact) mass is 160 g/mol. The topological polar surface area (TPSA) is 0 Å². The van der Waals surface area contributed by atoms with Crippen molar-refractivity contribution in [1.82, 2.24) is 0 Å². The standard InChI is InChI=1S/C12H16/c1-3-7-11-9-5-6-10-12(11)8-4-2/h3-4,7-10H,5-6H2,1-2H3/b7-3-,8-4-. The highest BCUT2D eigenvalue weighted by molar-refractivity contribution is 5.47. The zero-order valence-electron chi connectivity index (χ0n) is 7.88. The summed E-state index contributed by atoms with van der Waals surface area (Å²) in [5.74, 6) is 0. The van der Waals surface area contributed by atoms with Gasteiger partial charge in [0.25, 0.3) is 0 Å². The third-order valence-corrected chi connectivity index (χ3v) is 1.92. The summed E-state index contributed by atoms with van der Waals surface area (Å²) in [4.78, 5) is 0. The van der Waals surface area contributed by atoms with E-state index in [0.29, 0.717) is 0 Å². The quantitative estimate of drug-likeness (QED) is 0.576. The lowest BCUT2D eigenvalue weighted by atomic mass is 9.97. The van der Waals surface area contributed by atoms with Crippen molar-refractivity contribution in [2.24, 2.45) is 0 Å². The summed E-state index contributed by atoms with van der Waals surface area (Å²) in [6.07, 6.45) is 15.5. The van der Waals surface area contributed by atoms with Crippen LogP contribution in [0.3, 0.4) is 0 Å². The molecule has 0 saturated carbocycles. The van der Waals surface area contributed by atoms with E-state index < -0.39 is 0 Å². The Kier molecular flexibility index (Phi) is 3.59. The van der Waals surface area contributed by atoms with Gasteiger partial charge < -0.3 is 0 Å². The van der Waals surface area contributed by atoms with Crippen LogP contribution in [0, 0.1) is 0 Å². The van der Waals surface area contributed by atoms with Crippen LogP contribution in [0.25, 0.3) is 0 Å². The Labute approximate surface area is 75.0 Å². The molecule has 0 atom stereocenters. The van der Waals surface area contributed by atoms with Crippen LogP contribution in [-0.4, -0.2) is 0 Å². The summed E-state index contributed by atoms with van der Waals surface area (Å²) >= 11 is 0. The molecule has 1 aliphatic rings. The van der Waals surface area contributed by atoms with E-state index >= 15 is 0 Å². The van der Waals surface area contributed by atoms with Crippen molar-refractivity contribution in [3.05, 3.63) is 47.6 Å². The van der Waals surface area contributed by atoms with Gasteiger partial charge in [-0.15, -0.1) is 0 Å². The molecular weight excluding hydrogens is 144 g/mol. The summed E-state index contributed by atoms with van der Waals surface area (Å²) in [5.41, 5.74) is 2.73. The van der Waals surface area contributed by atoms with Gasteiger partial charge in [0.15, 0.2) is 0 Å². The summed E-state index contributed by atoms with van der Waals surface area (Å²) in [6, 6.07) is 0. The first-order valence-electron chi connectivity index (χ1n) is 4.54. The van der Waals surface area contributed by atoms with Crippen LogP contribution in [-0.2, 0) is 0 Å². The highest BCUT2D eigenvalue weighted by Gasteiger charge is 2.01. The first-order chi connectivity index (χ1) is 5.88. The molecule has 12 heavy (non-hydrogen) atoms. The Bertz CT molecular complexity index is 221. The van der Waals surface area contributed by atoms with E-state index in [1.807, 2.05) is 0 Å². The second-order valence-corrected chi connectivity index (χ2v) is 2.90. The highest BCUT2D eigenvalue weighted by atomic mass is 14.1. The minimum absolute atomic E-state index is 1.18. The van der Waals surface area contributed by atoms with Gasteiger partial charge in [0.05, 0.1) is 0 Å². The number of hydrogen-bond acceptors (Lipinski definition) is 0. The molecule has 0 unspecified atom stereocenters. The van der Waals surface area contributed by atoms with Gasteiger partial charge in [-0.25, -0.2) is 0 Å².